The number of carbonyl (C=O) groups is 1. The normalized spacial score (nSPS) is 10.6. The molecule has 7 heteroatoms. The molecule has 0 fully saturated rings. The van der Waals surface area contributed by atoms with Crippen molar-refractivity contribution in [1.29, 1.82) is 0 Å². The van der Waals surface area contributed by atoms with Gasteiger partial charge in [0, 0.05) is 18.3 Å². The Kier molecular flexibility index (Phi) is 5.99. The minimum atomic E-state index is -0.345. The van der Waals surface area contributed by atoms with Gasteiger partial charge in [0.1, 0.15) is 23.7 Å². The molecule has 0 saturated carbocycles. The summed E-state index contributed by atoms with van der Waals surface area (Å²) in [4.78, 5) is 22.1. The Morgan fingerprint density at radius 1 is 1.26 bits per heavy atom. The van der Waals surface area contributed by atoms with Gasteiger partial charge in [0.2, 0.25) is 0 Å². The molecule has 0 aliphatic carbocycles. The van der Waals surface area contributed by atoms with Crippen molar-refractivity contribution in [3.63, 3.8) is 0 Å². The fourth-order valence-electron chi connectivity index (χ4n) is 1.95. The van der Waals surface area contributed by atoms with E-state index in [-0.39, 0.29) is 17.4 Å². The standard InChI is InChI=1S/C16H20FN5O/c1-22(2)8-4-7-18-16(23)14-10-15(20-11-19-14)21-13-6-3-5-12(17)9-13/h3,5-6,9-11H,4,7-8H2,1-2H3,(H,18,23)(H,19,20,21). The van der Waals surface area contributed by atoms with Crippen LogP contribution in [0.2, 0.25) is 0 Å². The first-order valence-corrected chi connectivity index (χ1v) is 7.32. The molecular weight excluding hydrogens is 297 g/mol. The highest BCUT2D eigenvalue weighted by Crippen LogP contribution is 2.15. The highest BCUT2D eigenvalue weighted by atomic mass is 19.1. The largest absolute Gasteiger partial charge is 0.351 e. The SMILES string of the molecule is CN(C)CCCNC(=O)c1cc(Nc2cccc(F)c2)ncn1. The Balaban J connectivity index is 1.95. The number of rotatable bonds is 7. The lowest BCUT2D eigenvalue weighted by Gasteiger charge is -2.10. The van der Waals surface area contributed by atoms with Gasteiger partial charge in [-0.1, -0.05) is 6.07 Å². The van der Waals surface area contributed by atoms with E-state index in [2.05, 4.69) is 25.5 Å². The zero-order chi connectivity index (χ0) is 16.7. The number of nitrogens with one attached hydrogen (secondary N) is 2. The molecule has 1 heterocycles. The maximum absolute atomic E-state index is 13.2. The first-order valence-electron chi connectivity index (χ1n) is 7.32. The Bertz CT molecular complexity index is 662. The van der Waals surface area contributed by atoms with Gasteiger partial charge in [0.05, 0.1) is 0 Å². The van der Waals surface area contributed by atoms with Crippen molar-refractivity contribution < 1.29 is 9.18 Å². The van der Waals surface area contributed by atoms with Crippen LogP contribution in [0, 0.1) is 5.82 Å². The van der Waals surface area contributed by atoms with Gasteiger partial charge in [-0.2, -0.15) is 0 Å². The molecule has 2 aromatic rings. The molecule has 6 nitrogen and oxygen atoms in total. The van der Waals surface area contributed by atoms with Gasteiger partial charge in [-0.25, -0.2) is 14.4 Å². The van der Waals surface area contributed by atoms with Crippen LogP contribution >= 0.6 is 0 Å². The summed E-state index contributed by atoms with van der Waals surface area (Å²) in [5.41, 5.74) is 0.824. The first-order chi connectivity index (χ1) is 11.0. The van der Waals surface area contributed by atoms with E-state index in [9.17, 15) is 9.18 Å². The number of benzene rings is 1. The molecule has 2 rings (SSSR count). The number of hydrogen-bond donors (Lipinski definition) is 2. The lowest BCUT2D eigenvalue weighted by Crippen LogP contribution is -2.27. The van der Waals surface area contributed by atoms with Crippen LogP contribution in [0.1, 0.15) is 16.9 Å². The third-order valence-electron chi connectivity index (χ3n) is 3.06. The van der Waals surface area contributed by atoms with Crippen molar-refractivity contribution in [2.75, 3.05) is 32.5 Å². The zero-order valence-electron chi connectivity index (χ0n) is 13.2. The van der Waals surface area contributed by atoms with Crippen molar-refractivity contribution in [3.05, 3.63) is 48.2 Å². The topological polar surface area (TPSA) is 70.2 Å². The molecule has 0 aliphatic rings. The Hall–Kier alpha value is -2.54. The number of hydrogen-bond acceptors (Lipinski definition) is 5. The van der Waals surface area contributed by atoms with Crippen LogP contribution in [0.3, 0.4) is 0 Å². The van der Waals surface area contributed by atoms with E-state index in [1.54, 1.807) is 12.1 Å². The summed E-state index contributed by atoms with van der Waals surface area (Å²) in [6.07, 6.45) is 2.16. The van der Waals surface area contributed by atoms with Crippen molar-refractivity contribution in [2.24, 2.45) is 0 Å². The fraction of sp³-hybridized carbons (Fsp3) is 0.312. The summed E-state index contributed by atoms with van der Waals surface area (Å²) >= 11 is 0. The molecule has 1 aromatic heterocycles. The average Bonchev–Trinajstić information content (AvgIpc) is 2.51. The first kappa shape index (κ1) is 16.8. The number of aromatic nitrogens is 2. The molecule has 0 spiro atoms. The van der Waals surface area contributed by atoms with E-state index >= 15 is 0 Å². The number of halogens is 1. The number of nitrogens with zero attached hydrogens (tertiary/aromatic N) is 3. The van der Waals surface area contributed by atoms with Crippen molar-refractivity contribution in [3.8, 4) is 0 Å². The van der Waals surface area contributed by atoms with Crippen molar-refractivity contribution in [1.82, 2.24) is 20.2 Å². The van der Waals surface area contributed by atoms with Crippen LogP contribution in [-0.2, 0) is 0 Å². The monoisotopic (exact) mass is 317 g/mol. The third kappa shape index (κ3) is 5.63. The molecule has 0 unspecified atom stereocenters. The van der Waals surface area contributed by atoms with Crippen LogP contribution < -0.4 is 10.6 Å². The minimum absolute atomic E-state index is 0.256. The lowest BCUT2D eigenvalue weighted by atomic mass is 10.3. The van der Waals surface area contributed by atoms with E-state index in [0.717, 1.165) is 13.0 Å². The van der Waals surface area contributed by atoms with Crippen LogP contribution in [0.5, 0.6) is 0 Å². The second kappa shape index (κ2) is 8.19. The van der Waals surface area contributed by atoms with Crippen LogP contribution in [0.25, 0.3) is 0 Å². The molecule has 0 atom stereocenters. The van der Waals surface area contributed by atoms with Gasteiger partial charge >= 0.3 is 0 Å². The highest BCUT2D eigenvalue weighted by Gasteiger charge is 2.08. The molecule has 0 radical (unpaired) electrons. The fourth-order valence-corrected chi connectivity index (χ4v) is 1.95. The van der Waals surface area contributed by atoms with Gasteiger partial charge in [-0.3, -0.25) is 4.79 Å². The van der Waals surface area contributed by atoms with E-state index in [1.165, 1.54) is 24.5 Å². The number of anilines is 2. The summed E-state index contributed by atoms with van der Waals surface area (Å²) < 4.78 is 13.2. The number of carbonyl (C=O) groups excluding carboxylic acids is 1. The molecule has 1 amide bonds. The van der Waals surface area contributed by atoms with Gasteiger partial charge < -0.3 is 15.5 Å². The molecule has 122 valence electrons. The van der Waals surface area contributed by atoms with E-state index < -0.39 is 0 Å². The van der Waals surface area contributed by atoms with Gasteiger partial charge in [0.15, 0.2) is 0 Å². The Morgan fingerprint density at radius 2 is 2.09 bits per heavy atom. The summed E-state index contributed by atoms with van der Waals surface area (Å²) in [6, 6.07) is 7.55. The van der Waals surface area contributed by atoms with E-state index in [4.69, 9.17) is 0 Å². The van der Waals surface area contributed by atoms with Crippen LogP contribution in [0.15, 0.2) is 36.7 Å². The predicted octanol–water partition coefficient (Wildman–Crippen LogP) is 2.04. The Labute approximate surface area is 134 Å². The third-order valence-corrected chi connectivity index (χ3v) is 3.06. The second-order valence-electron chi connectivity index (χ2n) is 5.34. The predicted molar refractivity (Wildman–Crippen MR) is 87.2 cm³/mol. The second-order valence-corrected chi connectivity index (χ2v) is 5.34. The average molecular weight is 317 g/mol. The van der Waals surface area contributed by atoms with Gasteiger partial charge in [-0.05, 0) is 45.3 Å². The van der Waals surface area contributed by atoms with Crippen LogP contribution in [-0.4, -0.2) is 48.0 Å². The lowest BCUT2D eigenvalue weighted by molar-refractivity contribution is 0.0947. The summed E-state index contributed by atoms with van der Waals surface area (Å²) in [7, 11) is 3.97. The molecule has 2 N–H and O–H groups in total. The molecule has 23 heavy (non-hydrogen) atoms. The van der Waals surface area contributed by atoms with E-state index in [0.29, 0.717) is 18.1 Å². The smallest absolute Gasteiger partial charge is 0.270 e. The quantitative estimate of drug-likeness (QED) is 0.765. The number of amides is 1. The van der Waals surface area contributed by atoms with Crippen LogP contribution in [0.4, 0.5) is 15.9 Å². The molecule has 0 saturated heterocycles. The maximum Gasteiger partial charge on any atom is 0.270 e. The molecular formula is C16H20FN5O. The summed E-state index contributed by atoms with van der Waals surface area (Å²) in [5.74, 6) is -0.166. The summed E-state index contributed by atoms with van der Waals surface area (Å²) in [5, 5.41) is 5.76. The van der Waals surface area contributed by atoms with E-state index in [1.807, 2.05) is 14.1 Å². The molecule has 0 aliphatic heterocycles. The summed E-state index contributed by atoms with van der Waals surface area (Å²) in [6.45, 7) is 1.48. The van der Waals surface area contributed by atoms with Gasteiger partial charge in [-0.15, -0.1) is 0 Å². The van der Waals surface area contributed by atoms with Gasteiger partial charge in [0.25, 0.3) is 5.91 Å². The van der Waals surface area contributed by atoms with Crippen molar-refractivity contribution >= 4 is 17.4 Å². The molecule has 0 bridgehead atoms. The molecule has 1 aromatic carbocycles. The Morgan fingerprint density at radius 3 is 2.83 bits per heavy atom. The highest BCUT2D eigenvalue weighted by molar-refractivity contribution is 5.92. The van der Waals surface area contributed by atoms with Crippen molar-refractivity contribution in [2.45, 2.75) is 6.42 Å². The maximum atomic E-state index is 13.2. The minimum Gasteiger partial charge on any atom is -0.351 e. The zero-order valence-corrected chi connectivity index (χ0v) is 13.2.